The second-order valence-corrected chi connectivity index (χ2v) is 9.45. The topological polar surface area (TPSA) is 75.6 Å². The van der Waals surface area contributed by atoms with Crippen LogP contribution in [0, 0.1) is 6.92 Å². The predicted molar refractivity (Wildman–Crippen MR) is 114 cm³/mol. The molecule has 3 heterocycles. The minimum Gasteiger partial charge on any atom is -0.369 e. The summed E-state index contributed by atoms with van der Waals surface area (Å²) in [5.74, 6) is 2.15. The van der Waals surface area contributed by atoms with Gasteiger partial charge in [0, 0.05) is 49.8 Å². The lowest BCUT2D eigenvalue weighted by Gasteiger charge is -2.37. The normalized spacial score (nSPS) is 21.3. The number of nitrogens with zero attached hydrogens (tertiary/aromatic N) is 4. The molecule has 7 heteroatoms. The highest BCUT2D eigenvalue weighted by Gasteiger charge is 2.37. The van der Waals surface area contributed by atoms with Crippen molar-refractivity contribution in [3.8, 4) is 0 Å². The van der Waals surface area contributed by atoms with Gasteiger partial charge in [0.15, 0.2) is 0 Å². The Labute approximate surface area is 179 Å². The predicted octanol–water partition coefficient (Wildman–Crippen LogP) is 3.14. The molecule has 1 aliphatic carbocycles. The first kappa shape index (κ1) is 21.2. The summed E-state index contributed by atoms with van der Waals surface area (Å²) in [6, 6.07) is 0.287. The molecule has 0 unspecified atom stereocenters. The van der Waals surface area contributed by atoms with Crippen LogP contribution in [0.5, 0.6) is 0 Å². The van der Waals surface area contributed by atoms with Crippen molar-refractivity contribution in [1.82, 2.24) is 14.9 Å². The van der Waals surface area contributed by atoms with Gasteiger partial charge in [0.05, 0.1) is 0 Å². The van der Waals surface area contributed by atoms with E-state index in [0.29, 0.717) is 19.5 Å². The highest BCUT2D eigenvalue weighted by Crippen LogP contribution is 2.36. The Morgan fingerprint density at radius 3 is 2.37 bits per heavy atom. The van der Waals surface area contributed by atoms with Crippen LogP contribution < -0.4 is 4.90 Å². The molecular weight excluding hydrogens is 380 g/mol. The third-order valence-electron chi connectivity index (χ3n) is 7.16. The number of rotatable bonds is 4. The minimum absolute atomic E-state index is 0.0315. The van der Waals surface area contributed by atoms with E-state index in [9.17, 15) is 9.59 Å². The van der Waals surface area contributed by atoms with Gasteiger partial charge in [-0.1, -0.05) is 12.8 Å². The summed E-state index contributed by atoms with van der Waals surface area (Å²) in [5, 5.41) is 0. The van der Waals surface area contributed by atoms with Gasteiger partial charge >= 0.3 is 0 Å². The summed E-state index contributed by atoms with van der Waals surface area (Å²) in [5.41, 5.74) is 1.35. The molecule has 0 N–H and O–H groups in total. The second kappa shape index (κ2) is 8.25. The number of piperidine rings is 1. The van der Waals surface area contributed by atoms with Crippen LogP contribution in [0.1, 0.15) is 81.8 Å². The summed E-state index contributed by atoms with van der Waals surface area (Å²) < 4.78 is 5.36. The van der Waals surface area contributed by atoms with E-state index >= 15 is 0 Å². The first-order valence-electron chi connectivity index (χ1n) is 11.4. The van der Waals surface area contributed by atoms with Crippen molar-refractivity contribution in [1.29, 1.82) is 0 Å². The van der Waals surface area contributed by atoms with Crippen molar-refractivity contribution in [3.05, 3.63) is 17.1 Å². The number of carbonyl (C=O) groups excluding carboxylic acids is 2. The van der Waals surface area contributed by atoms with E-state index in [2.05, 4.69) is 0 Å². The van der Waals surface area contributed by atoms with Crippen LogP contribution in [0.2, 0.25) is 0 Å². The Kier molecular flexibility index (Phi) is 5.84. The zero-order valence-corrected chi connectivity index (χ0v) is 18.7. The van der Waals surface area contributed by atoms with Crippen LogP contribution in [0.25, 0.3) is 0 Å². The van der Waals surface area contributed by atoms with E-state index < -0.39 is 5.60 Å². The van der Waals surface area contributed by atoms with E-state index in [0.717, 1.165) is 55.0 Å². The maximum atomic E-state index is 12.8. The third-order valence-corrected chi connectivity index (χ3v) is 7.16. The monoisotopic (exact) mass is 414 g/mol. The minimum atomic E-state index is -0.798. The first-order valence-corrected chi connectivity index (χ1v) is 11.4. The zero-order valence-electron chi connectivity index (χ0n) is 18.7. The highest BCUT2D eigenvalue weighted by atomic mass is 16.5. The molecule has 1 saturated carbocycles. The van der Waals surface area contributed by atoms with Crippen LogP contribution in [0.15, 0.2) is 0 Å². The number of hydrogen-bond acceptors (Lipinski definition) is 5. The van der Waals surface area contributed by atoms with Crippen molar-refractivity contribution >= 4 is 17.6 Å². The number of likely N-dealkylation sites (tertiary alicyclic amines) is 1. The number of ether oxygens (including phenoxy) is 1. The van der Waals surface area contributed by atoms with E-state index in [1.807, 2.05) is 30.6 Å². The average Bonchev–Trinajstić information content (AvgIpc) is 3.27. The molecule has 2 amide bonds. The molecule has 7 nitrogen and oxygen atoms in total. The molecule has 2 fully saturated rings. The van der Waals surface area contributed by atoms with E-state index in [-0.39, 0.29) is 23.8 Å². The first-order chi connectivity index (χ1) is 14.3. The number of fused-ring (bicyclic) bond motifs is 1. The van der Waals surface area contributed by atoms with Gasteiger partial charge in [0.1, 0.15) is 17.2 Å². The average molecular weight is 415 g/mol. The Hall–Kier alpha value is -2.02. The van der Waals surface area contributed by atoms with Crippen LogP contribution in [0.4, 0.5) is 5.82 Å². The number of aryl methyl sites for hydroxylation is 1. The van der Waals surface area contributed by atoms with E-state index in [1.165, 1.54) is 12.8 Å². The van der Waals surface area contributed by atoms with Crippen LogP contribution in [-0.4, -0.2) is 58.5 Å². The van der Waals surface area contributed by atoms with Gasteiger partial charge in [-0.25, -0.2) is 9.97 Å². The fourth-order valence-electron chi connectivity index (χ4n) is 5.10. The molecule has 0 bridgehead atoms. The van der Waals surface area contributed by atoms with E-state index in [1.54, 1.807) is 7.11 Å². The quantitative estimate of drug-likeness (QED) is 0.757. The molecule has 4 rings (SSSR count). The Bertz CT molecular complexity index is 824. The summed E-state index contributed by atoms with van der Waals surface area (Å²) >= 11 is 0. The number of amides is 2. The molecule has 0 atom stereocenters. The van der Waals surface area contributed by atoms with Crippen LogP contribution >= 0.6 is 0 Å². The van der Waals surface area contributed by atoms with Crippen LogP contribution in [-0.2, 0) is 20.7 Å². The molecule has 1 aromatic heterocycles. The SMILES string of the molecule is COC(C)(C)C(=O)N1CCC(c2nc(C)c3c(n2)N(C2CCCC2)C(=O)CC3)CC1. The van der Waals surface area contributed by atoms with E-state index in [4.69, 9.17) is 14.7 Å². The Morgan fingerprint density at radius 2 is 1.73 bits per heavy atom. The summed E-state index contributed by atoms with van der Waals surface area (Å²) in [4.78, 5) is 39.2. The number of hydrogen-bond donors (Lipinski definition) is 0. The number of methoxy groups -OCH3 is 1. The smallest absolute Gasteiger partial charge is 0.254 e. The lowest BCUT2D eigenvalue weighted by molar-refractivity contribution is -0.152. The molecule has 0 spiro atoms. The zero-order chi connectivity index (χ0) is 21.5. The van der Waals surface area contributed by atoms with Gasteiger partial charge in [-0.05, 0) is 52.9 Å². The van der Waals surface area contributed by atoms with Gasteiger partial charge in [0.2, 0.25) is 5.91 Å². The number of aromatic nitrogens is 2. The standard InChI is InChI=1S/C23H34N4O3/c1-15-18-9-10-19(28)27(17-7-5-6-8-17)21(18)25-20(24-15)16-11-13-26(14-12-16)22(29)23(2,3)30-4/h16-17H,5-14H2,1-4H3. The third kappa shape index (κ3) is 3.84. The summed E-state index contributed by atoms with van der Waals surface area (Å²) in [6.07, 6.45) is 7.47. The van der Waals surface area contributed by atoms with Crippen LogP contribution in [0.3, 0.4) is 0 Å². The second-order valence-electron chi connectivity index (χ2n) is 9.45. The van der Waals surface area contributed by atoms with Crippen molar-refractivity contribution in [2.45, 2.75) is 89.7 Å². The molecule has 0 aromatic carbocycles. The van der Waals surface area contributed by atoms with Crippen molar-refractivity contribution in [2.75, 3.05) is 25.1 Å². The number of anilines is 1. The fraction of sp³-hybridized carbons (Fsp3) is 0.739. The molecule has 1 saturated heterocycles. The highest BCUT2D eigenvalue weighted by molar-refractivity contribution is 5.96. The van der Waals surface area contributed by atoms with Gasteiger partial charge in [-0.3, -0.25) is 14.5 Å². The molecule has 3 aliphatic rings. The Morgan fingerprint density at radius 1 is 1.07 bits per heavy atom. The van der Waals surface area contributed by atoms with Crippen molar-refractivity contribution in [3.63, 3.8) is 0 Å². The molecule has 2 aliphatic heterocycles. The molecule has 0 radical (unpaired) electrons. The van der Waals surface area contributed by atoms with Crippen molar-refractivity contribution < 1.29 is 14.3 Å². The van der Waals surface area contributed by atoms with Gasteiger partial charge in [-0.15, -0.1) is 0 Å². The van der Waals surface area contributed by atoms with Gasteiger partial charge in [0.25, 0.3) is 5.91 Å². The lowest BCUT2D eigenvalue weighted by atomic mass is 9.93. The summed E-state index contributed by atoms with van der Waals surface area (Å²) in [6.45, 7) is 7.03. The maximum absolute atomic E-state index is 12.8. The molecule has 164 valence electrons. The van der Waals surface area contributed by atoms with Crippen molar-refractivity contribution in [2.24, 2.45) is 0 Å². The molecule has 30 heavy (non-hydrogen) atoms. The maximum Gasteiger partial charge on any atom is 0.254 e. The molecule has 1 aromatic rings. The summed E-state index contributed by atoms with van der Waals surface area (Å²) in [7, 11) is 1.58. The fourth-order valence-corrected chi connectivity index (χ4v) is 5.10. The number of carbonyl (C=O) groups is 2. The Balaban J connectivity index is 1.55. The van der Waals surface area contributed by atoms with Gasteiger partial charge < -0.3 is 9.64 Å². The van der Waals surface area contributed by atoms with Gasteiger partial charge in [-0.2, -0.15) is 0 Å². The molecular formula is C23H34N4O3. The lowest BCUT2D eigenvalue weighted by Crippen LogP contribution is -2.49. The largest absolute Gasteiger partial charge is 0.369 e.